The zero-order valence-corrected chi connectivity index (χ0v) is 10.0. The van der Waals surface area contributed by atoms with E-state index in [2.05, 4.69) is 17.3 Å². The summed E-state index contributed by atoms with van der Waals surface area (Å²) < 4.78 is 5.01. The van der Waals surface area contributed by atoms with Gasteiger partial charge in [0.2, 0.25) is 0 Å². The van der Waals surface area contributed by atoms with Gasteiger partial charge in [-0.1, -0.05) is 47.6 Å². The van der Waals surface area contributed by atoms with E-state index in [1.54, 1.807) is 0 Å². The highest BCUT2D eigenvalue weighted by atomic mass is 16.5. The molecule has 0 unspecified atom stereocenters. The van der Waals surface area contributed by atoms with Crippen LogP contribution in [-0.2, 0) is 6.42 Å². The number of rotatable bonds is 3. The molecule has 3 aromatic rings. The number of carboxylic acids is 1. The van der Waals surface area contributed by atoms with Crippen molar-refractivity contribution in [1.29, 1.82) is 0 Å². The van der Waals surface area contributed by atoms with E-state index in [1.165, 1.54) is 11.5 Å². The topological polar surface area (TPSA) is 63.3 Å². The average molecular weight is 253 g/mol. The molecule has 19 heavy (non-hydrogen) atoms. The van der Waals surface area contributed by atoms with Gasteiger partial charge in [0, 0.05) is 12.5 Å². The third-order valence-electron chi connectivity index (χ3n) is 2.97. The molecule has 0 atom stereocenters. The van der Waals surface area contributed by atoms with Crippen molar-refractivity contribution in [3.63, 3.8) is 0 Å². The Morgan fingerprint density at radius 1 is 1.11 bits per heavy atom. The van der Waals surface area contributed by atoms with Gasteiger partial charge in [0.05, 0.1) is 0 Å². The summed E-state index contributed by atoms with van der Waals surface area (Å²) in [5.74, 6) is -0.527. The van der Waals surface area contributed by atoms with Gasteiger partial charge in [0.25, 0.3) is 0 Å². The van der Waals surface area contributed by atoms with Gasteiger partial charge in [0.15, 0.2) is 5.69 Å². The Balaban J connectivity index is 1.89. The van der Waals surface area contributed by atoms with Crippen LogP contribution in [-0.4, -0.2) is 16.2 Å². The molecule has 0 radical (unpaired) electrons. The van der Waals surface area contributed by atoms with Crippen LogP contribution in [0.3, 0.4) is 0 Å². The average Bonchev–Trinajstić information content (AvgIpc) is 2.87. The van der Waals surface area contributed by atoms with Crippen molar-refractivity contribution in [3.8, 4) is 0 Å². The van der Waals surface area contributed by atoms with Crippen molar-refractivity contribution < 1.29 is 14.4 Å². The molecule has 0 bridgehead atoms. The number of hydrogen-bond donors (Lipinski definition) is 1. The van der Waals surface area contributed by atoms with E-state index >= 15 is 0 Å². The van der Waals surface area contributed by atoms with Crippen molar-refractivity contribution in [3.05, 3.63) is 65.5 Å². The number of benzene rings is 2. The molecule has 0 aliphatic rings. The van der Waals surface area contributed by atoms with Crippen LogP contribution in [0, 0.1) is 0 Å². The Hall–Kier alpha value is -2.62. The lowest BCUT2D eigenvalue weighted by Crippen LogP contribution is -1.94. The first-order valence-corrected chi connectivity index (χ1v) is 5.89. The van der Waals surface area contributed by atoms with E-state index in [9.17, 15) is 4.79 Å². The standard InChI is InChI=1S/C15H11NO3/c17-15(18)14-9-13(19-16-14)8-10-5-6-11-3-1-2-4-12(11)7-10/h1-7,9H,8H2,(H,17,18). The molecule has 0 spiro atoms. The number of nitrogens with zero attached hydrogens (tertiary/aromatic N) is 1. The molecule has 0 saturated carbocycles. The molecule has 4 nitrogen and oxygen atoms in total. The quantitative estimate of drug-likeness (QED) is 0.779. The monoisotopic (exact) mass is 253 g/mol. The highest BCUT2D eigenvalue weighted by Gasteiger charge is 2.11. The molecule has 0 saturated heterocycles. The van der Waals surface area contributed by atoms with Crippen LogP contribution in [0.25, 0.3) is 10.8 Å². The Bertz CT molecular complexity index is 746. The fourth-order valence-corrected chi connectivity index (χ4v) is 2.05. The van der Waals surface area contributed by atoms with Gasteiger partial charge in [0.1, 0.15) is 5.76 Å². The second kappa shape index (κ2) is 4.57. The second-order valence-electron chi connectivity index (χ2n) is 4.34. The minimum atomic E-state index is -1.08. The molecule has 3 rings (SSSR count). The molecular weight excluding hydrogens is 242 g/mol. The number of aromatic nitrogens is 1. The molecule has 1 heterocycles. The molecule has 0 aliphatic carbocycles. The predicted molar refractivity (Wildman–Crippen MR) is 70.2 cm³/mol. The van der Waals surface area contributed by atoms with E-state index in [4.69, 9.17) is 9.63 Å². The van der Waals surface area contributed by atoms with Crippen molar-refractivity contribution >= 4 is 16.7 Å². The van der Waals surface area contributed by atoms with E-state index in [0.717, 1.165) is 10.9 Å². The summed E-state index contributed by atoms with van der Waals surface area (Å²) in [6.07, 6.45) is 0.533. The normalized spacial score (nSPS) is 10.7. The largest absolute Gasteiger partial charge is 0.476 e. The summed E-state index contributed by atoms with van der Waals surface area (Å²) in [6, 6.07) is 15.7. The van der Waals surface area contributed by atoms with Crippen molar-refractivity contribution in [1.82, 2.24) is 5.16 Å². The minimum Gasteiger partial charge on any atom is -0.476 e. The van der Waals surface area contributed by atoms with E-state index in [-0.39, 0.29) is 5.69 Å². The Morgan fingerprint density at radius 3 is 2.63 bits per heavy atom. The van der Waals surface area contributed by atoms with Crippen LogP contribution in [0.2, 0.25) is 0 Å². The van der Waals surface area contributed by atoms with Gasteiger partial charge < -0.3 is 9.63 Å². The highest BCUT2D eigenvalue weighted by molar-refractivity contribution is 5.85. The van der Waals surface area contributed by atoms with Crippen LogP contribution < -0.4 is 0 Å². The van der Waals surface area contributed by atoms with Crippen molar-refractivity contribution in [2.24, 2.45) is 0 Å². The summed E-state index contributed by atoms with van der Waals surface area (Å²) in [6.45, 7) is 0. The number of aromatic carboxylic acids is 1. The summed E-state index contributed by atoms with van der Waals surface area (Å²) in [5.41, 5.74) is 1.00. The fourth-order valence-electron chi connectivity index (χ4n) is 2.05. The Morgan fingerprint density at radius 2 is 1.89 bits per heavy atom. The number of carboxylic acid groups (broad SMARTS) is 1. The van der Waals surface area contributed by atoms with Crippen LogP contribution in [0.1, 0.15) is 21.8 Å². The van der Waals surface area contributed by atoms with Gasteiger partial charge in [-0.25, -0.2) is 4.79 Å². The molecule has 0 fully saturated rings. The zero-order chi connectivity index (χ0) is 13.2. The number of hydrogen-bond acceptors (Lipinski definition) is 3. The minimum absolute atomic E-state index is 0.0595. The van der Waals surface area contributed by atoms with Crippen LogP contribution in [0.4, 0.5) is 0 Å². The maximum Gasteiger partial charge on any atom is 0.358 e. The summed E-state index contributed by atoms with van der Waals surface area (Å²) in [5, 5.41) is 14.6. The maximum atomic E-state index is 10.7. The van der Waals surface area contributed by atoms with Gasteiger partial charge in [-0.05, 0) is 16.3 Å². The SMILES string of the molecule is O=C(O)c1cc(Cc2ccc3ccccc3c2)on1. The van der Waals surface area contributed by atoms with Crippen molar-refractivity contribution in [2.75, 3.05) is 0 Å². The zero-order valence-electron chi connectivity index (χ0n) is 10.0. The van der Waals surface area contributed by atoms with E-state index < -0.39 is 5.97 Å². The first-order chi connectivity index (χ1) is 9.22. The van der Waals surface area contributed by atoms with Crippen LogP contribution >= 0.6 is 0 Å². The van der Waals surface area contributed by atoms with Crippen molar-refractivity contribution in [2.45, 2.75) is 6.42 Å². The molecule has 2 aromatic carbocycles. The predicted octanol–water partition coefficient (Wildman–Crippen LogP) is 3.12. The number of carbonyl (C=O) groups is 1. The molecule has 0 amide bonds. The first-order valence-electron chi connectivity index (χ1n) is 5.89. The fraction of sp³-hybridized carbons (Fsp3) is 0.0667. The molecule has 0 aliphatic heterocycles. The lowest BCUT2D eigenvalue weighted by molar-refractivity contribution is 0.0685. The lowest BCUT2D eigenvalue weighted by atomic mass is 10.0. The van der Waals surface area contributed by atoms with Gasteiger partial charge in [-0.3, -0.25) is 0 Å². The Labute approximate surface area is 109 Å². The van der Waals surface area contributed by atoms with Crippen LogP contribution in [0.5, 0.6) is 0 Å². The van der Waals surface area contributed by atoms with Crippen LogP contribution in [0.15, 0.2) is 53.1 Å². The van der Waals surface area contributed by atoms with Gasteiger partial charge in [-0.2, -0.15) is 0 Å². The molecular formula is C15H11NO3. The van der Waals surface area contributed by atoms with Gasteiger partial charge in [-0.15, -0.1) is 0 Å². The molecule has 94 valence electrons. The smallest absolute Gasteiger partial charge is 0.358 e. The summed E-state index contributed by atoms with van der Waals surface area (Å²) in [4.78, 5) is 10.7. The third-order valence-corrected chi connectivity index (χ3v) is 2.97. The lowest BCUT2D eigenvalue weighted by Gasteiger charge is -2.01. The molecule has 4 heteroatoms. The first kappa shape index (κ1) is 11.5. The molecule has 1 N–H and O–H groups in total. The Kier molecular flexibility index (Phi) is 2.76. The third kappa shape index (κ3) is 2.33. The summed E-state index contributed by atoms with van der Waals surface area (Å²) in [7, 11) is 0. The van der Waals surface area contributed by atoms with E-state index in [1.807, 2.05) is 30.3 Å². The highest BCUT2D eigenvalue weighted by Crippen LogP contribution is 2.18. The van der Waals surface area contributed by atoms with E-state index in [0.29, 0.717) is 12.2 Å². The molecule has 1 aromatic heterocycles. The number of fused-ring (bicyclic) bond motifs is 1. The van der Waals surface area contributed by atoms with Gasteiger partial charge >= 0.3 is 5.97 Å². The maximum absolute atomic E-state index is 10.7. The second-order valence-corrected chi connectivity index (χ2v) is 4.34. The summed E-state index contributed by atoms with van der Waals surface area (Å²) >= 11 is 0.